The van der Waals surface area contributed by atoms with E-state index in [2.05, 4.69) is 15.0 Å². The molecule has 0 bridgehead atoms. The van der Waals surface area contributed by atoms with Gasteiger partial charge in [0, 0.05) is 25.2 Å². The summed E-state index contributed by atoms with van der Waals surface area (Å²) in [6.45, 7) is -0.103. The number of ether oxygens (including phenoxy) is 2. The van der Waals surface area contributed by atoms with E-state index >= 15 is 0 Å². The van der Waals surface area contributed by atoms with Gasteiger partial charge in [-0.15, -0.1) is 0 Å². The zero-order valence-electron chi connectivity index (χ0n) is 15.5. The van der Waals surface area contributed by atoms with Crippen molar-refractivity contribution < 1.29 is 14.3 Å². The van der Waals surface area contributed by atoms with Crippen molar-refractivity contribution in [3.8, 4) is 11.5 Å². The van der Waals surface area contributed by atoms with Crippen molar-refractivity contribution >= 4 is 17.9 Å². The molecule has 0 amide bonds. The standard InChI is InChI=1S/C20H19N5O3/c1-25(2)20-23-16(22-19(21)24-20)11-27-18(26)17-12-7-3-5-9-14(12)28-15-10-6-4-8-13(15)17/h3-10,17H,11H2,1-2H3,(H2,21,22,23,24). The molecule has 3 aromatic rings. The first-order valence-electron chi connectivity index (χ1n) is 8.73. The number of carbonyl (C=O) groups is 1. The number of fused-ring (bicyclic) bond motifs is 2. The van der Waals surface area contributed by atoms with Gasteiger partial charge in [-0.1, -0.05) is 36.4 Å². The van der Waals surface area contributed by atoms with E-state index in [-0.39, 0.29) is 18.4 Å². The average molecular weight is 377 g/mol. The van der Waals surface area contributed by atoms with Gasteiger partial charge >= 0.3 is 5.97 Å². The lowest BCUT2D eigenvalue weighted by atomic mass is 9.88. The molecule has 0 saturated carbocycles. The van der Waals surface area contributed by atoms with Gasteiger partial charge in [-0.25, -0.2) is 0 Å². The molecule has 1 aromatic heterocycles. The van der Waals surface area contributed by atoms with Crippen LogP contribution >= 0.6 is 0 Å². The van der Waals surface area contributed by atoms with Crippen LogP contribution in [0.3, 0.4) is 0 Å². The monoisotopic (exact) mass is 377 g/mol. The van der Waals surface area contributed by atoms with Crippen molar-refractivity contribution in [3.05, 3.63) is 65.5 Å². The molecule has 4 rings (SSSR count). The molecular weight excluding hydrogens is 358 g/mol. The maximum Gasteiger partial charge on any atom is 0.318 e. The Hall–Kier alpha value is -3.68. The molecule has 28 heavy (non-hydrogen) atoms. The van der Waals surface area contributed by atoms with E-state index in [9.17, 15) is 4.79 Å². The molecule has 2 N–H and O–H groups in total. The van der Waals surface area contributed by atoms with Crippen LogP contribution in [0.4, 0.5) is 11.9 Å². The Bertz CT molecular complexity index is 992. The molecule has 0 unspecified atom stereocenters. The normalized spacial score (nSPS) is 12.5. The summed E-state index contributed by atoms with van der Waals surface area (Å²) in [6.07, 6.45) is 0. The van der Waals surface area contributed by atoms with Crippen LogP contribution in [0.1, 0.15) is 22.9 Å². The summed E-state index contributed by atoms with van der Waals surface area (Å²) in [5.41, 5.74) is 7.25. The fourth-order valence-electron chi connectivity index (χ4n) is 3.07. The summed E-state index contributed by atoms with van der Waals surface area (Å²) in [5, 5.41) is 0. The Morgan fingerprint density at radius 3 is 2.25 bits per heavy atom. The molecule has 142 valence electrons. The average Bonchev–Trinajstić information content (AvgIpc) is 2.69. The van der Waals surface area contributed by atoms with Crippen molar-refractivity contribution in [3.63, 3.8) is 0 Å². The molecule has 0 spiro atoms. The van der Waals surface area contributed by atoms with E-state index in [1.54, 1.807) is 19.0 Å². The van der Waals surface area contributed by atoms with Gasteiger partial charge in [-0.2, -0.15) is 15.0 Å². The van der Waals surface area contributed by atoms with Crippen molar-refractivity contribution in [2.24, 2.45) is 0 Å². The van der Waals surface area contributed by atoms with Crippen LogP contribution in [0.15, 0.2) is 48.5 Å². The van der Waals surface area contributed by atoms with E-state index in [1.165, 1.54) is 0 Å². The number of rotatable bonds is 4. The number of nitrogens with two attached hydrogens (primary N) is 1. The Labute approximate surface area is 162 Å². The van der Waals surface area contributed by atoms with E-state index in [0.717, 1.165) is 11.1 Å². The fraction of sp³-hybridized carbons (Fsp3) is 0.200. The number of aromatic nitrogens is 3. The van der Waals surface area contributed by atoms with E-state index in [0.29, 0.717) is 17.4 Å². The first-order valence-corrected chi connectivity index (χ1v) is 8.73. The third-order valence-corrected chi connectivity index (χ3v) is 4.35. The Balaban J connectivity index is 1.61. The molecule has 0 saturated heterocycles. The summed E-state index contributed by atoms with van der Waals surface area (Å²) in [4.78, 5) is 27.1. The minimum absolute atomic E-state index is 0.0755. The third kappa shape index (κ3) is 3.32. The van der Waals surface area contributed by atoms with Gasteiger partial charge < -0.3 is 20.1 Å². The van der Waals surface area contributed by atoms with Crippen molar-refractivity contribution in [2.45, 2.75) is 12.5 Å². The molecule has 0 atom stereocenters. The Morgan fingerprint density at radius 2 is 1.64 bits per heavy atom. The van der Waals surface area contributed by atoms with Crippen LogP contribution < -0.4 is 15.4 Å². The highest BCUT2D eigenvalue weighted by Crippen LogP contribution is 2.44. The fourth-order valence-corrected chi connectivity index (χ4v) is 3.07. The summed E-state index contributed by atoms with van der Waals surface area (Å²) in [6, 6.07) is 14.9. The molecule has 2 heterocycles. The second-order valence-electron chi connectivity index (χ2n) is 6.52. The van der Waals surface area contributed by atoms with Gasteiger partial charge in [0.15, 0.2) is 12.4 Å². The number of hydrogen-bond donors (Lipinski definition) is 1. The van der Waals surface area contributed by atoms with Crippen molar-refractivity contribution in [1.29, 1.82) is 0 Å². The number of nitrogens with zero attached hydrogens (tertiary/aromatic N) is 4. The highest BCUT2D eigenvalue weighted by Gasteiger charge is 2.33. The number of para-hydroxylation sites is 2. The minimum atomic E-state index is -0.589. The topological polar surface area (TPSA) is 103 Å². The molecule has 0 radical (unpaired) electrons. The minimum Gasteiger partial charge on any atom is -0.457 e. The highest BCUT2D eigenvalue weighted by molar-refractivity contribution is 5.85. The predicted molar refractivity (Wildman–Crippen MR) is 103 cm³/mol. The quantitative estimate of drug-likeness (QED) is 0.692. The molecular formula is C20H19N5O3. The maximum atomic E-state index is 13.0. The summed E-state index contributed by atoms with van der Waals surface area (Å²) >= 11 is 0. The van der Waals surface area contributed by atoms with Crippen LogP contribution in [0.25, 0.3) is 0 Å². The number of hydrogen-bond acceptors (Lipinski definition) is 8. The summed E-state index contributed by atoms with van der Waals surface area (Å²) in [7, 11) is 3.58. The first kappa shape index (κ1) is 17.7. The van der Waals surface area contributed by atoms with Gasteiger partial charge in [0.25, 0.3) is 0 Å². The number of carbonyl (C=O) groups excluding carboxylic acids is 1. The van der Waals surface area contributed by atoms with Crippen LogP contribution in [-0.4, -0.2) is 35.0 Å². The largest absolute Gasteiger partial charge is 0.457 e. The van der Waals surface area contributed by atoms with E-state index < -0.39 is 11.9 Å². The van der Waals surface area contributed by atoms with Crippen molar-refractivity contribution in [2.75, 3.05) is 24.7 Å². The van der Waals surface area contributed by atoms with Crippen LogP contribution in [0.2, 0.25) is 0 Å². The van der Waals surface area contributed by atoms with E-state index in [1.807, 2.05) is 48.5 Å². The predicted octanol–water partition coefficient (Wildman–Crippen LogP) is 2.50. The number of esters is 1. The lowest BCUT2D eigenvalue weighted by molar-refractivity contribution is -0.146. The van der Waals surface area contributed by atoms with Crippen LogP contribution in [0, 0.1) is 0 Å². The summed E-state index contributed by atoms with van der Waals surface area (Å²) in [5.74, 6) is 1.05. The summed E-state index contributed by atoms with van der Waals surface area (Å²) < 4.78 is 11.5. The molecule has 1 aliphatic heterocycles. The Kier molecular flexibility index (Phi) is 4.52. The smallest absolute Gasteiger partial charge is 0.318 e. The highest BCUT2D eigenvalue weighted by atomic mass is 16.5. The van der Waals surface area contributed by atoms with Gasteiger partial charge in [0.2, 0.25) is 11.9 Å². The number of nitrogen functional groups attached to an aromatic ring is 1. The van der Waals surface area contributed by atoms with Gasteiger partial charge in [-0.05, 0) is 12.1 Å². The zero-order valence-corrected chi connectivity index (χ0v) is 15.5. The van der Waals surface area contributed by atoms with Gasteiger partial charge in [0.05, 0.1) is 0 Å². The molecule has 8 nitrogen and oxygen atoms in total. The molecule has 0 aliphatic carbocycles. The first-order chi connectivity index (χ1) is 13.5. The van der Waals surface area contributed by atoms with Gasteiger partial charge in [0.1, 0.15) is 17.4 Å². The maximum absolute atomic E-state index is 13.0. The number of anilines is 2. The van der Waals surface area contributed by atoms with Crippen LogP contribution in [0.5, 0.6) is 11.5 Å². The van der Waals surface area contributed by atoms with Crippen LogP contribution in [-0.2, 0) is 16.1 Å². The second kappa shape index (κ2) is 7.15. The Morgan fingerprint density at radius 1 is 1.04 bits per heavy atom. The molecule has 0 fully saturated rings. The number of benzene rings is 2. The van der Waals surface area contributed by atoms with Crippen molar-refractivity contribution in [1.82, 2.24) is 15.0 Å². The lowest BCUT2D eigenvalue weighted by Crippen LogP contribution is -2.22. The zero-order chi connectivity index (χ0) is 19.7. The SMILES string of the molecule is CN(C)c1nc(N)nc(COC(=O)C2c3ccccc3Oc3ccccc32)n1. The second-order valence-corrected chi connectivity index (χ2v) is 6.52. The molecule has 1 aliphatic rings. The molecule has 8 heteroatoms. The van der Waals surface area contributed by atoms with E-state index in [4.69, 9.17) is 15.2 Å². The third-order valence-electron chi connectivity index (χ3n) is 4.35. The molecule has 2 aromatic carbocycles. The lowest BCUT2D eigenvalue weighted by Gasteiger charge is -2.26. The van der Waals surface area contributed by atoms with Gasteiger partial charge in [-0.3, -0.25) is 4.79 Å².